The number of aliphatic hydroxyl groups is 1. The Kier molecular flexibility index (Phi) is 5.66. The molecular weight excluding hydrogens is 380 g/mol. The number of amides is 1. The maximum absolute atomic E-state index is 12.8. The highest BCUT2D eigenvalue weighted by atomic mass is 16.3. The molecule has 2 aliphatic rings. The van der Waals surface area contributed by atoms with E-state index in [0.29, 0.717) is 44.7 Å². The van der Waals surface area contributed by atoms with Crippen molar-refractivity contribution in [1.29, 1.82) is 0 Å². The van der Waals surface area contributed by atoms with E-state index in [1.165, 1.54) is 6.33 Å². The molecule has 1 aromatic carbocycles. The summed E-state index contributed by atoms with van der Waals surface area (Å²) in [6.45, 7) is 11.6. The standard InChI is InChI=1S/C22H26N6O2/c1-14-11-18(29)20-19(14)21(26-13-25-20)27-7-9-28(10-8-27)22(30)17(23)12-15-3-5-16(24-2)6-4-15/h3-6,13-14,17-18,29H,7-12,23H2,1H3/t14-,17-,18-/m1/s1. The summed E-state index contributed by atoms with van der Waals surface area (Å²) in [4.78, 5) is 29.0. The van der Waals surface area contributed by atoms with Crippen LogP contribution in [-0.2, 0) is 11.2 Å². The smallest absolute Gasteiger partial charge is 0.239 e. The number of aliphatic hydroxyl groups excluding tert-OH is 1. The van der Waals surface area contributed by atoms with Gasteiger partial charge in [-0.3, -0.25) is 4.79 Å². The molecule has 3 N–H and O–H groups in total. The van der Waals surface area contributed by atoms with Crippen molar-refractivity contribution in [3.05, 3.63) is 58.8 Å². The van der Waals surface area contributed by atoms with Crippen molar-refractivity contribution in [3.8, 4) is 0 Å². The summed E-state index contributed by atoms with van der Waals surface area (Å²) < 4.78 is 0. The van der Waals surface area contributed by atoms with Crippen molar-refractivity contribution in [1.82, 2.24) is 14.9 Å². The molecule has 1 fully saturated rings. The van der Waals surface area contributed by atoms with Gasteiger partial charge in [0.2, 0.25) is 5.91 Å². The third-order valence-electron chi connectivity index (χ3n) is 6.01. The first kappa shape index (κ1) is 20.3. The first-order chi connectivity index (χ1) is 14.5. The van der Waals surface area contributed by atoms with Crippen LogP contribution in [0.1, 0.15) is 42.2 Å². The summed E-state index contributed by atoms with van der Waals surface area (Å²) in [7, 11) is 0. The Morgan fingerprint density at radius 3 is 2.63 bits per heavy atom. The molecule has 156 valence electrons. The zero-order valence-corrected chi connectivity index (χ0v) is 17.0. The van der Waals surface area contributed by atoms with E-state index in [9.17, 15) is 9.90 Å². The number of hydrogen-bond acceptors (Lipinski definition) is 6. The lowest BCUT2D eigenvalue weighted by molar-refractivity contribution is -0.132. The second-order valence-electron chi connectivity index (χ2n) is 8.05. The Morgan fingerprint density at radius 2 is 1.97 bits per heavy atom. The topological polar surface area (TPSA) is 99.9 Å². The van der Waals surface area contributed by atoms with E-state index >= 15 is 0 Å². The zero-order chi connectivity index (χ0) is 21.3. The van der Waals surface area contributed by atoms with Gasteiger partial charge in [-0.2, -0.15) is 0 Å². The lowest BCUT2D eigenvalue weighted by atomic mass is 10.0. The molecule has 0 bridgehead atoms. The van der Waals surface area contributed by atoms with Gasteiger partial charge in [-0.15, -0.1) is 0 Å². The lowest BCUT2D eigenvalue weighted by Crippen LogP contribution is -2.54. The van der Waals surface area contributed by atoms with Crippen LogP contribution >= 0.6 is 0 Å². The summed E-state index contributed by atoms with van der Waals surface area (Å²) in [5.74, 6) is 1.04. The van der Waals surface area contributed by atoms with Crippen LogP contribution in [-0.4, -0.2) is 58.1 Å². The van der Waals surface area contributed by atoms with E-state index in [1.54, 1.807) is 12.1 Å². The van der Waals surface area contributed by atoms with E-state index in [2.05, 4.69) is 26.6 Å². The normalized spacial score (nSPS) is 21.8. The number of piperazine rings is 1. The molecule has 0 saturated carbocycles. The highest BCUT2D eigenvalue weighted by Gasteiger charge is 2.34. The largest absolute Gasteiger partial charge is 0.387 e. The minimum Gasteiger partial charge on any atom is -0.387 e. The number of aromatic nitrogens is 2. The van der Waals surface area contributed by atoms with Gasteiger partial charge in [-0.25, -0.2) is 14.8 Å². The number of rotatable bonds is 4. The van der Waals surface area contributed by atoms with Gasteiger partial charge in [0.25, 0.3) is 0 Å². The van der Waals surface area contributed by atoms with Crippen molar-refractivity contribution in [3.63, 3.8) is 0 Å². The summed E-state index contributed by atoms with van der Waals surface area (Å²) in [5, 5.41) is 10.2. The Bertz CT molecular complexity index is 963. The molecule has 4 rings (SSSR count). The van der Waals surface area contributed by atoms with Gasteiger partial charge in [-0.1, -0.05) is 31.2 Å². The number of hydrogen-bond donors (Lipinski definition) is 2. The third-order valence-corrected chi connectivity index (χ3v) is 6.01. The van der Waals surface area contributed by atoms with Gasteiger partial charge in [0.15, 0.2) is 5.69 Å². The monoisotopic (exact) mass is 406 g/mol. The predicted molar refractivity (Wildman–Crippen MR) is 113 cm³/mol. The van der Waals surface area contributed by atoms with Gasteiger partial charge in [-0.05, 0) is 24.3 Å². The summed E-state index contributed by atoms with van der Waals surface area (Å²) in [6, 6.07) is 6.59. The molecule has 3 atom stereocenters. The van der Waals surface area contributed by atoms with Gasteiger partial charge < -0.3 is 20.6 Å². The van der Waals surface area contributed by atoms with Crippen LogP contribution in [0.25, 0.3) is 4.85 Å². The zero-order valence-electron chi connectivity index (χ0n) is 17.0. The molecule has 8 nitrogen and oxygen atoms in total. The number of nitrogens with zero attached hydrogens (tertiary/aromatic N) is 5. The van der Waals surface area contributed by atoms with E-state index in [1.807, 2.05) is 17.0 Å². The SMILES string of the molecule is [C-]#[N+]c1ccc(C[C@@H](N)C(=O)N2CCN(c3ncnc4c3[C@H](C)C[C@H]4O)CC2)cc1. The quantitative estimate of drug-likeness (QED) is 0.751. The Hall–Kier alpha value is -3.02. The molecule has 2 aromatic rings. The maximum atomic E-state index is 12.8. The number of carbonyl (C=O) groups excluding carboxylic acids is 1. The van der Waals surface area contributed by atoms with E-state index in [-0.39, 0.29) is 11.8 Å². The number of carbonyl (C=O) groups is 1. The number of benzene rings is 1. The molecule has 0 unspecified atom stereocenters. The first-order valence-corrected chi connectivity index (χ1v) is 10.3. The predicted octanol–water partition coefficient (Wildman–Crippen LogP) is 1.79. The third kappa shape index (κ3) is 3.86. The second-order valence-corrected chi connectivity index (χ2v) is 8.05. The van der Waals surface area contributed by atoms with Gasteiger partial charge in [0, 0.05) is 31.7 Å². The van der Waals surface area contributed by atoms with Crippen molar-refractivity contribution in [2.45, 2.75) is 37.8 Å². The Morgan fingerprint density at radius 1 is 1.27 bits per heavy atom. The van der Waals surface area contributed by atoms with E-state index < -0.39 is 12.1 Å². The Labute approximate surface area is 176 Å². The fraction of sp³-hybridized carbons (Fsp3) is 0.455. The van der Waals surface area contributed by atoms with Gasteiger partial charge in [0.1, 0.15) is 12.1 Å². The molecule has 1 saturated heterocycles. The van der Waals surface area contributed by atoms with Crippen LogP contribution in [0.15, 0.2) is 30.6 Å². The molecule has 8 heteroatoms. The highest BCUT2D eigenvalue weighted by molar-refractivity contribution is 5.82. The van der Waals surface area contributed by atoms with Gasteiger partial charge in [0.05, 0.1) is 24.4 Å². The van der Waals surface area contributed by atoms with Crippen molar-refractivity contribution < 1.29 is 9.90 Å². The summed E-state index contributed by atoms with van der Waals surface area (Å²) in [5.41, 5.74) is 9.48. The fourth-order valence-electron chi connectivity index (χ4n) is 4.38. The summed E-state index contributed by atoms with van der Waals surface area (Å²) in [6.07, 6.45) is 2.11. The van der Waals surface area contributed by atoms with Crippen molar-refractivity contribution >= 4 is 17.4 Å². The van der Waals surface area contributed by atoms with Crippen LogP contribution in [0.3, 0.4) is 0 Å². The summed E-state index contributed by atoms with van der Waals surface area (Å²) >= 11 is 0. The van der Waals surface area contributed by atoms with Crippen LogP contribution < -0.4 is 10.6 Å². The number of nitrogens with two attached hydrogens (primary N) is 1. The average Bonchev–Trinajstić information content (AvgIpc) is 3.07. The molecule has 2 heterocycles. The maximum Gasteiger partial charge on any atom is 0.239 e. The van der Waals surface area contributed by atoms with Crippen molar-refractivity contribution in [2.24, 2.45) is 5.73 Å². The molecular formula is C22H26N6O2. The van der Waals surface area contributed by atoms with Gasteiger partial charge >= 0.3 is 0 Å². The molecule has 30 heavy (non-hydrogen) atoms. The first-order valence-electron chi connectivity index (χ1n) is 10.3. The molecule has 0 radical (unpaired) electrons. The van der Waals surface area contributed by atoms with Crippen LogP contribution in [0, 0.1) is 6.57 Å². The molecule has 1 aliphatic carbocycles. The molecule has 1 aliphatic heterocycles. The minimum atomic E-state index is -0.603. The second kappa shape index (κ2) is 8.38. The number of fused-ring (bicyclic) bond motifs is 1. The average molecular weight is 406 g/mol. The fourth-order valence-corrected chi connectivity index (χ4v) is 4.38. The molecule has 0 spiro atoms. The molecule has 1 aromatic heterocycles. The van der Waals surface area contributed by atoms with Crippen LogP contribution in [0.4, 0.5) is 11.5 Å². The number of anilines is 1. The lowest BCUT2D eigenvalue weighted by Gasteiger charge is -2.37. The van der Waals surface area contributed by atoms with Crippen LogP contribution in [0.5, 0.6) is 0 Å². The minimum absolute atomic E-state index is 0.0550. The molecule has 1 amide bonds. The Balaban J connectivity index is 1.38. The van der Waals surface area contributed by atoms with Crippen LogP contribution in [0.2, 0.25) is 0 Å². The van der Waals surface area contributed by atoms with E-state index in [4.69, 9.17) is 12.3 Å². The van der Waals surface area contributed by atoms with Crippen molar-refractivity contribution in [2.75, 3.05) is 31.1 Å². The van der Waals surface area contributed by atoms with E-state index in [0.717, 1.165) is 22.6 Å². The highest BCUT2D eigenvalue weighted by Crippen LogP contribution is 2.42.